The summed E-state index contributed by atoms with van der Waals surface area (Å²) in [6.45, 7) is 3.06. The molecule has 0 bridgehead atoms. The van der Waals surface area contributed by atoms with E-state index in [-0.39, 0.29) is 0 Å². The molecule has 0 saturated carbocycles. The van der Waals surface area contributed by atoms with Gasteiger partial charge in [0, 0.05) is 32.0 Å². The second-order valence-corrected chi connectivity index (χ2v) is 5.25. The van der Waals surface area contributed by atoms with Gasteiger partial charge in [0.05, 0.1) is 26.0 Å². The Kier molecular flexibility index (Phi) is 4.68. The molecule has 3 heterocycles. The summed E-state index contributed by atoms with van der Waals surface area (Å²) in [6, 6.07) is 0. The third-order valence-corrected chi connectivity index (χ3v) is 3.32. The van der Waals surface area contributed by atoms with Crippen LogP contribution in [0.3, 0.4) is 0 Å². The van der Waals surface area contributed by atoms with Crippen molar-refractivity contribution in [2.45, 2.75) is 12.1 Å². The smallest absolute Gasteiger partial charge is 0.201 e. The Hall–Kier alpha value is -1.94. The van der Waals surface area contributed by atoms with Crippen LogP contribution < -0.4 is 10.6 Å². The average Bonchev–Trinajstić information content (AvgIpc) is 2.90. The molecule has 0 radical (unpaired) electrons. The Bertz CT molecular complexity index is 581. The highest BCUT2D eigenvalue weighted by atomic mass is 16.5. The van der Waals surface area contributed by atoms with Crippen molar-refractivity contribution in [1.29, 1.82) is 0 Å². The first-order chi connectivity index (χ1) is 10.8. The SMILES string of the molecule is O[C@@]1(CNCc2nc(-c3cnccn3)n[nH]2)CNCCOC1. The van der Waals surface area contributed by atoms with Crippen molar-refractivity contribution < 1.29 is 9.84 Å². The number of hydrogen-bond donors (Lipinski definition) is 4. The van der Waals surface area contributed by atoms with E-state index in [2.05, 4.69) is 35.8 Å². The van der Waals surface area contributed by atoms with E-state index >= 15 is 0 Å². The monoisotopic (exact) mass is 305 g/mol. The summed E-state index contributed by atoms with van der Waals surface area (Å²) in [7, 11) is 0. The van der Waals surface area contributed by atoms with Crippen LogP contribution in [0.4, 0.5) is 0 Å². The van der Waals surface area contributed by atoms with Crippen molar-refractivity contribution >= 4 is 0 Å². The van der Waals surface area contributed by atoms with Crippen molar-refractivity contribution in [3.63, 3.8) is 0 Å². The largest absolute Gasteiger partial charge is 0.385 e. The third-order valence-electron chi connectivity index (χ3n) is 3.32. The summed E-state index contributed by atoms with van der Waals surface area (Å²) < 4.78 is 5.37. The number of H-pyrrole nitrogens is 1. The minimum absolute atomic E-state index is 0.314. The maximum atomic E-state index is 10.4. The quantitative estimate of drug-likeness (QED) is 0.538. The van der Waals surface area contributed by atoms with E-state index in [4.69, 9.17) is 4.74 Å². The molecule has 1 atom stereocenters. The highest BCUT2D eigenvalue weighted by Gasteiger charge is 2.28. The van der Waals surface area contributed by atoms with Gasteiger partial charge in [0.15, 0.2) is 0 Å². The number of aromatic amines is 1. The lowest BCUT2D eigenvalue weighted by Gasteiger charge is -2.25. The molecule has 1 aliphatic heterocycles. The van der Waals surface area contributed by atoms with Crippen LogP contribution in [0.2, 0.25) is 0 Å². The molecule has 0 aromatic carbocycles. The summed E-state index contributed by atoms with van der Waals surface area (Å²) in [5.41, 5.74) is -0.297. The predicted molar refractivity (Wildman–Crippen MR) is 77.8 cm³/mol. The molecular weight excluding hydrogens is 286 g/mol. The van der Waals surface area contributed by atoms with Crippen LogP contribution in [0.25, 0.3) is 11.5 Å². The molecule has 118 valence electrons. The second-order valence-electron chi connectivity index (χ2n) is 5.25. The number of aromatic nitrogens is 5. The molecular formula is C13H19N7O2. The number of nitrogens with one attached hydrogen (secondary N) is 3. The summed E-state index contributed by atoms with van der Waals surface area (Å²) in [6.07, 6.45) is 4.80. The van der Waals surface area contributed by atoms with Gasteiger partial charge in [0.2, 0.25) is 5.82 Å². The lowest BCUT2D eigenvalue weighted by molar-refractivity contribution is -0.0265. The topological polar surface area (TPSA) is 121 Å². The lowest BCUT2D eigenvalue weighted by atomic mass is 10.1. The number of ether oxygens (including phenoxy) is 1. The van der Waals surface area contributed by atoms with Crippen LogP contribution in [0.5, 0.6) is 0 Å². The van der Waals surface area contributed by atoms with Gasteiger partial charge in [-0.2, -0.15) is 5.10 Å². The van der Waals surface area contributed by atoms with E-state index in [1.807, 2.05) is 0 Å². The Morgan fingerprint density at radius 2 is 2.36 bits per heavy atom. The summed E-state index contributed by atoms with van der Waals surface area (Å²) in [4.78, 5) is 12.5. The summed E-state index contributed by atoms with van der Waals surface area (Å²) in [5, 5.41) is 23.7. The summed E-state index contributed by atoms with van der Waals surface area (Å²) in [5.74, 6) is 1.18. The number of aliphatic hydroxyl groups is 1. The lowest BCUT2D eigenvalue weighted by Crippen LogP contribution is -2.50. The minimum atomic E-state index is -0.912. The number of nitrogens with zero attached hydrogens (tertiary/aromatic N) is 4. The third kappa shape index (κ3) is 3.83. The van der Waals surface area contributed by atoms with Crippen LogP contribution in [-0.2, 0) is 11.3 Å². The van der Waals surface area contributed by atoms with E-state index in [0.717, 1.165) is 6.54 Å². The van der Waals surface area contributed by atoms with Crippen molar-refractivity contribution in [3.8, 4) is 11.5 Å². The Labute approximate surface area is 127 Å². The van der Waals surface area contributed by atoms with E-state index in [0.29, 0.717) is 50.2 Å². The zero-order valence-electron chi connectivity index (χ0n) is 12.1. The van der Waals surface area contributed by atoms with E-state index < -0.39 is 5.60 Å². The zero-order chi connectivity index (χ0) is 15.3. The van der Waals surface area contributed by atoms with Crippen LogP contribution in [0, 0.1) is 0 Å². The van der Waals surface area contributed by atoms with E-state index in [1.165, 1.54) is 0 Å². The Balaban J connectivity index is 1.53. The number of β-amino-alcohol motifs (C(OH)–C–C–N with tert-alkyl or cyclic N) is 1. The molecule has 9 nitrogen and oxygen atoms in total. The van der Waals surface area contributed by atoms with Gasteiger partial charge in [-0.15, -0.1) is 0 Å². The fourth-order valence-corrected chi connectivity index (χ4v) is 2.21. The second kappa shape index (κ2) is 6.88. The highest BCUT2D eigenvalue weighted by Crippen LogP contribution is 2.09. The molecule has 1 fully saturated rings. The van der Waals surface area contributed by atoms with Gasteiger partial charge >= 0.3 is 0 Å². The number of rotatable bonds is 5. The number of hydrogen-bond acceptors (Lipinski definition) is 8. The highest BCUT2D eigenvalue weighted by molar-refractivity contribution is 5.45. The van der Waals surface area contributed by atoms with Gasteiger partial charge in [-0.25, -0.2) is 9.97 Å². The molecule has 2 aromatic rings. The first-order valence-corrected chi connectivity index (χ1v) is 7.14. The molecule has 0 aliphatic carbocycles. The minimum Gasteiger partial charge on any atom is -0.385 e. The van der Waals surface area contributed by atoms with Gasteiger partial charge in [0.25, 0.3) is 0 Å². The maximum Gasteiger partial charge on any atom is 0.201 e. The van der Waals surface area contributed by atoms with Crippen molar-refractivity contribution in [1.82, 2.24) is 35.8 Å². The summed E-state index contributed by atoms with van der Waals surface area (Å²) >= 11 is 0. The molecule has 1 aliphatic rings. The average molecular weight is 305 g/mol. The van der Waals surface area contributed by atoms with Gasteiger partial charge in [-0.3, -0.25) is 10.1 Å². The molecule has 22 heavy (non-hydrogen) atoms. The van der Waals surface area contributed by atoms with Crippen molar-refractivity contribution in [2.75, 3.05) is 32.8 Å². The van der Waals surface area contributed by atoms with Gasteiger partial charge < -0.3 is 20.5 Å². The first kappa shape index (κ1) is 15.0. The van der Waals surface area contributed by atoms with Crippen LogP contribution >= 0.6 is 0 Å². The fraction of sp³-hybridized carbons (Fsp3) is 0.538. The molecule has 2 aromatic heterocycles. The van der Waals surface area contributed by atoms with Crippen LogP contribution in [0.1, 0.15) is 5.82 Å². The van der Waals surface area contributed by atoms with Gasteiger partial charge in [-0.05, 0) is 0 Å². The van der Waals surface area contributed by atoms with Crippen molar-refractivity contribution in [2.24, 2.45) is 0 Å². The molecule has 0 unspecified atom stereocenters. The zero-order valence-corrected chi connectivity index (χ0v) is 12.1. The molecule has 0 spiro atoms. The first-order valence-electron chi connectivity index (χ1n) is 7.14. The Morgan fingerprint density at radius 1 is 1.41 bits per heavy atom. The van der Waals surface area contributed by atoms with Crippen LogP contribution in [-0.4, -0.2) is 68.7 Å². The normalized spacial score (nSPS) is 22.4. The molecule has 4 N–H and O–H groups in total. The predicted octanol–water partition coefficient (Wildman–Crippen LogP) is -1.30. The molecule has 3 rings (SSSR count). The van der Waals surface area contributed by atoms with E-state index in [9.17, 15) is 5.11 Å². The molecule has 1 saturated heterocycles. The fourth-order valence-electron chi connectivity index (χ4n) is 2.21. The van der Waals surface area contributed by atoms with Crippen molar-refractivity contribution in [3.05, 3.63) is 24.4 Å². The van der Waals surface area contributed by atoms with Gasteiger partial charge in [0.1, 0.15) is 17.1 Å². The van der Waals surface area contributed by atoms with Crippen LogP contribution in [0.15, 0.2) is 18.6 Å². The van der Waals surface area contributed by atoms with E-state index in [1.54, 1.807) is 18.6 Å². The maximum absolute atomic E-state index is 10.4. The molecule has 9 heteroatoms. The van der Waals surface area contributed by atoms with Gasteiger partial charge in [-0.1, -0.05) is 0 Å². The Morgan fingerprint density at radius 3 is 3.23 bits per heavy atom. The molecule has 0 amide bonds. The standard InChI is InChI=1S/C13H19N7O2/c21-13(7-15-3-4-22-9-13)8-16-6-11-18-12(20-19-11)10-5-14-1-2-17-10/h1-2,5,15-16,21H,3-4,6-9H2,(H,18,19,20)/t13-/m1/s1.